The Balaban J connectivity index is 1.44. The lowest BCUT2D eigenvalue weighted by molar-refractivity contribution is 0.219. The lowest BCUT2D eigenvalue weighted by atomic mass is 9.75. The van der Waals surface area contributed by atoms with Crippen molar-refractivity contribution in [1.82, 2.24) is 15.1 Å². The van der Waals surface area contributed by atoms with Gasteiger partial charge in [-0.25, -0.2) is 0 Å². The molecule has 0 aromatic heterocycles. The van der Waals surface area contributed by atoms with E-state index in [2.05, 4.69) is 54.1 Å². The Labute approximate surface area is 167 Å². The predicted molar refractivity (Wildman–Crippen MR) is 113 cm³/mol. The number of halogens is 1. The summed E-state index contributed by atoms with van der Waals surface area (Å²) >= 11 is 6.52. The van der Waals surface area contributed by atoms with Crippen LogP contribution in [0, 0.1) is 0 Å². The second-order valence-electron chi connectivity index (χ2n) is 8.94. The summed E-state index contributed by atoms with van der Waals surface area (Å²) in [7, 11) is 2.44. The Kier molecular flexibility index (Phi) is 4.32. The number of hydrogen-bond acceptors (Lipinski definition) is 2. The molecular formula is C23H29ClN3+. The summed E-state index contributed by atoms with van der Waals surface area (Å²) in [6.07, 6.45) is 3.54. The van der Waals surface area contributed by atoms with Crippen molar-refractivity contribution in [3.63, 3.8) is 0 Å². The zero-order valence-corrected chi connectivity index (χ0v) is 16.9. The number of piperidine rings is 1. The van der Waals surface area contributed by atoms with Gasteiger partial charge in [-0.1, -0.05) is 41.9 Å². The third-order valence-corrected chi connectivity index (χ3v) is 7.49. The predicted octanol–water partition coefficient (Wildman–Crippen LogP) is 3.63. The van der Waals surface area contributed by atoms with Gasteiger partial charge in [0.2, 0.25) is 0 Å². The third kappa shape index (κ3) is 2.92. The van der Waals surface area contributed by atoms with Crippen LogP contribution in [0.5, 0.6) is 0 Å². The molecular weight excluding hydrogens is 354 g/mol. The number of hydrogen-bond donors (Lipinski definition) is 2. The van der Waals surface area contributed by atoms with E-state index < -0.39 is 0 Å². The molecule has 5 rings (SSSR count). The molecule has 2 atom stereocenters. The highest BCUT2D eigenvalue weighted by Gasteiger charge is 2.52. The molecule has 0 radical (unpaired) electrons. The molecule has 1 saturated heterocycles. The summed E-state index contributed by atoms with van der Waals surface area (Å²) in [5.41, 5.74) is 6.19. The maximum Gasteiger partial charge on any atom is 0.136 e. The second-order valence-corrected chi connectivity index (χ2v) is 9.35. The Morgan fingerprint density at radius 1 is 1.11 bits per heavy atom. The molecule has 27 heavy (non-hydrogen) atoms. The molecule has 1 spiro atoms. The molecule has 3 heterocycles. The SMILES string of the molecule is C[N+]1(CC2Cc3c(Cl)cccc3CN2)CC2(CCNCC2)c2ccccc21. The van der Waals surface area contributed by atoms with E-state index in [1.165, 1.54) is 36.2 Å². The molecule has 2 aromatic rings. The summed E-state index contributed by atoms with van der Waals surface area (Å²) in [5, 5.41) is 8.28. The highest BCUT2D eigenvalue weighted by molar-refractivity contribution is 6.31. The van der Waals surface area contributed by atoms with Crippen LogP contribution in [0.25, 0.3) is 0 Å². The fraction of sp³-hybridized carbons (Fsp3) is 0.478. The first-order valence-electron chi connectivity index (χ1n) is 10.2. The number of para-hydroxylation sites is 1. The smallest absolute Gasteiger partial charge is 0.136 e. The van der Waals surface area contributed by atoms with Crippen molar-refractivity contribution in [1.29, 1.82) is 0 Å². The van der Waals surface area contributed by atoms with Crippen LogP contribution in [0.2, 0.25) is 5.02 Å². The van der Waals surface area contributed by atoms with Crippen molar-refractivity contribution in [2.75, 3.05) is 33.2 Å². The van der Waals surface area contributed by atoms with Gasteiger partial charge < -0.3 is 10.6 Å². The van der Waals surface area contributed by atoms with Crippen molar-refractivity contribution in [3.05, 3.63) is 64.2 Å². The van der Waals surface area contributed by atoms with E-state index in [0.29, 0.717) is 11.5 Å². The van der Waals surface area contributed by atoms with Gasteiger partial charge in [0.25, 0.3) is 0 Å². The second kappa shape index (κ2) is 6.59. The maximum absolute atomic E-state index is 6.52. The average Bonchev–Trinajstić information content (AvgIpc) is 2.91. The number of nitrogens with one attached hydrogen (secondary N) is 2. The van der Waals surface area contributed by atoms with Crippen molar-refractivity contribution in [2.24, 2.45) is 0 Å². The van der Waals surface area contributed by atoms with Crippen LogP contribution in [-0.2, 0) is 18.4 Å². The first-order chi connectivity index (χ1) is 13.1. The Hall–Kier alpha value is -1.39. The fourth-order valence-electron chi connectivity index (χ4n) is 5.91. The summed E-state index contributed by atoms with van der Waals surface area (Å²) in [5.74, 6) is 0. The van der Waals surface area contributed by atoms with E-state index in [9.17, 15) is 0 Å². The lowest BCUT2D eigenvalue weighted by Gasteiger charge is -2.39. The van der Waals surface area contributed by atoms with Crippen molar-refractivity contribution in [3.8, 4) is 0 Å². The zero-order valence-electron chi connectivity index (χ0n) is 16.1. The number of benzene rings is 2. The normalized spacial score (nSPS) is 28.7. The van der Waals surface area contributed by atoms with Gasteiger partial charge in [-0.15, -0.1) is 0 Å². The maximum atomic E-state index is 6.52. The molecule has 2 N–H and O–H groups in total. The van der Waals surface area contributed by atoms with Gasteiger partial charge in [-0.3, -0.25) is 4.48 Å². The highest BCUT2D eigenvalue weighted by Crippen LogP contribution is 2.49. The van der Waals surface area contributed by atoms with Crippen LogP contribution in [0.15, 0.2) is 42.5 Å². The zero-order chi connectivity index (χ0) is 18.5. The van der Waals surface area contributed by atoms with E-state index in [-0.39, 0.29) is 0 Å². The largest absolute Gasteiger partial charge is 0.317 e. The number of rotatable bonds is 2. The van der Waals surface area contributed by atoms with Gasteiger partial charge >= 0.3 is 0 Å². The first-order valence-corrected chi connectivity index (χ1v) is 10.6. The number of nitrogens with zero attached hydrogens (tertiary/aromatic N) is 1. The summed E-state index contributed by atoms with van der Waals surface area (Å²) in [6, 6.07) is 16.0. The average molecular weight is 383 g/mol. The van der Waals surface area contributed by atoms with E-state index in [0.717, 1.165) is 42.1 Å². The summed E-state index contributed by atoms with van der Waals surface area (Å²) in [6.45, 7) is 5.55. The summed E-state index contributed by atoms with van der Waals surface area (Å²) in [4.78, 5) is 0. The van der Waals surface area contributed by atoms with Crippen LogP contribution in [0.1, 0.15) is 29.5 Å². The molecule has 3 aliphatic rings. The molecule has 2 aromatic carbocycles. The van der Waals surface area contributed by atoms with E-state index >= 15 is 0 Å². The van der Waals surface area contributed by atoms with Gasteiger partial charge in [0.05, 0.1) is 31.6 Å². The van der Waals surface area contributed by atoms with Gasteiger partial charge in [0, 0.05) is 17.1 Å². The minimum Gasteiger partial charge on any atom is -0.317 e. The van der Waals surface area contributed by atoms with Crippen molar-refractivity contribution in [2.45, 2.75) is 37.3 Å². The number of fused-ring (bicyclic) bond motifs is 3. The van der Waals surface area contributed by atoms with E-state index in [1.807, 2.05) is 6.07 Å². The number of quaternary nitrogens is 1. The highest BCUT2D eigenvalue weighted by atomic mass is 35.5. The Bertz CT molecular complexity index is 858. The van der Waals surface area contributed by atoms with E-state index in [1.54, 1.807) is 5.56 Å². The van der Waals surface area contributed by atoms with Gasteiger partial charge in [0.1, 0.15) is 5.69 Å². The minimum absolute atomic E-state index is 0.348. The minimum atomic E-state index is 0.348. The van der Waals surface area contributed by atoms with Gasteiger partial charge in [0.15, 0.2) is 0 Å². The Morgan fingerprint density at radius 3 is 2.78 bits per heavy atom. The monoisotopic (exact) mass is 382 g/mol. The molecule has 2 unspecified atom stereocenters. The van der Waals surface area contributed by atoms with Crippen LogP contribution in [-0.4, -0.2) is 39.3 Å². The topological polar surface area (TPSA) is 24.1 Å². The molecule has 0 amide bonds. The molecule has 142 valence electrons. The molecule has 0 bridgehead atoms. The first kappa shape index (κ1) is 17.7. The lowest BCUT2D eigenvalue weighted by Crippen LogP contribution is -2.57. The van der Waals surface area contributed by atoms with Crippen molar-refractivity contribution >= 4 is 17.3 Å². The fourth-order valence-corrected chi connectivity index (χ4v) is 6.18. The Morgan fingerprint density at radius 2 is 1.93 bits per heavy atom. The van der Waals surface area contributed by atoms with Crippen LogP contribution in [0.4, 0.5) is 5.69 Å². The van der Waals surface area contributed by atoms with Gasteiger partial charge in [-0.2, -0.15) is 0 Å². The summed E-state index contributed by atoms with van der Waals surface area (Å²) < 4.78 is 1.04. The molecule has 1 fully saturated rings. The molecule has 0 aliphatic carbocycles. The molecule has 3 aliphatic heterocycles. The van der Waals surface area contributed by atoms with Crippen molar-refractivity contribution < 1.29 is 0 Å². The van der Waals surface area contributed by atoms with Crippen LogP contribution in [0.3, 0.4) is 0 Å². The number of likely N-dealkylation sites (N-methyl/N-ethyl adjacent to an activating group) is 1. The molecule has 4 heteroatoms. The standard InChI is InChI=1S/C23H29ClN3/c1-27(15-18-13-19-17(14-26-18)5-4-7-21(19)24)16-23(9-11-25-12-10-23)20-6-2-3-8-22(20)27/h2-8,18,25-26H,9-16H2,1H3/q+1. The van der Waals surface area contributed by atoms with Gasteiger partial charge in [-0.05, 0) is 55.6 Å². The molecule has 3 nitrogen and oxygen atoms in total. The van der Waals surface area contributed by atoms with E-state index in [4.69, 9.17) is 11.6 Å². The van der Waals surface area contributed by atoms with Crippen LogP contribution < -0.4 is 15.1 Å². The quantitative estimate of drug-likeness (QED) is 0.775. The third-order valence-electron chi connectivity index (χ3n) is 7.14. The molecule has 0 saturated carbocycles. The van der Waals surface area contributed by atoms with Crippen LogP contribution >= 0.6 is 11.6 Å².